The van der Waals surface area contributed by atoms with Crippen LogP contribution < -0.4 is 4.74 Å². The second-order valence-electron chi connectivity index (χ2n) is 5.57. The highest BCUT2D eigenvalue weighted by atomic mass is 16.5. The minimum absolute atomic E-state index is 0.110. The molecule has 0 radical (unpaired) electrons. The van der Waals surface area contributed by atoms with Gasteiger partial charge in [-0.25, -0.2) is 0 Å². The quantitative estimate of drug-likeness (QED) is 0.696. The molecule has 4 rings (SSSR count). The van der Waals surface area contributed by atoms with Crippen LogP contribution in [0.3, 0.4) is 0 Å². The van der Waals surface area contributed by atoms with E-state index < -0.39 is 0 Å². The Morgan fingerprint density at radius 1 is 1.00 bits per heavy atom. The van der Waals surface area contributed by atoms with Gasteiger partial charge in [0.25, 0.3) is 0 Å². The lowest BCUT2D eigenvalue weighted by Gasteiger charge is -2.17. The zero-order chi connectivity index (χ0) is 15.8. The molecule has 3 heteroatoms. The van der Waals surface area contributed by atoms with Crippen LogP contribution in [0.5, 0.6) is 5.75 Å². The Bertz CT molecular complexity index is 957. The first-order valence-corrected chi connectivity index (χ1v) is 7.53. The molecule has 3 nitrogen and oxygen atoms in total. The maximum Gasteiger partial charge on any atom is 0.171 e. The number of hydrogen-bond donors (Lipinski definition) is 0. The summed E-state index contributed by atoms with van der Waals surface area (Å²) in [6.45, 7) is 0. The van der Waals surface area contributed by atoms with Crippen LogP contribution in [0.15, 0.2) is 65.7 Å². The number of hydrogen-bond acceptors (Lipinski definition) is 3. The lowest BCUT2D eigenvalue weighted by Crippen LogP contribution is -2.14. The third-order valence-electron chi connectivity index (χ3n) is 4.18. The van der Waals surface area contributed by atoms with Crippen LogP contribution in [-0.2, 0) is 0 Å². The Morgan fingerprint density at radius 2 is 1.87 bits per heavy atom. The first kappa shape index (κ1) is 13.7. The summed E-state index contributed by atoms with van der Waals surface area (Å²) in [5.41, 5.74) is 3.20. The van der Waals surface area contributed by atoms with Crippen molar-refractivity contribution in [1.29, 1.82) is 0 Å². The summed E-state index contributed by atoms with van der Waals surface area (Å²) in [6, 6.07) is 19.6. The van der Waals surface area contributed by atoms with Crippen LogP contribution in [0, 0.1) is 0 Å². The molecule has 0 aliphatic carbocycles. The van der Waals surface area contributed by atoms with Crippen molar-refractivity contribution in [3.63, 3.8) is 0 Å². The van der Waals surface area contributed by atoms with Gasteiger partial charge in [0.05, 0.1) is 24.9 Å². The molecular formula is C20H15NO2. The maximum absolute atomic E-state index is 12.6. The number of aliphatic imine (C=N–C) groups is 1. The highest BCUT2D eigenvalue weighted by Gasteiger charge is 2.22. The fourth-order valence-electron chi connectivity index (χ4n) is 2.99. The van der Waals surface area contributed by atoms with Crippen molar-refractivity contribution in [3.05, 3.63) is 71.8 Å². The van der Waals surface area contributed by atoms with E-state index in [2.05, 4.69) is 0 Å². The number of rotatable bonds is 2. The number of methoxy groups -OCH3 is 1. The van der Waals surface area contributed by atoms with E-state index in [4.69, 9.17) is 9.73 Å². The van der Waals surface area contributed by atoms with E-state index in [9.17, 15) is 4.79 Å². The van der Waals surface area contributed by atoms with E-state index in [-0.39, 0.29) is 5.78 Å². The molecule has 0 unspecified atom stereocenters. The lowest BCUT2D eigenvalue weighted by atomic mass is 9.93. The number of carbonyl (C=O) groups is 1. The number of Topliss-reactive ketones (excluding diaryl/α,β-unsaturated/α-hetero) is 1. The van der Waals surface area contributed by atoms with Crippen LogP contribution in [0.4, 0.5) is 5.69 Å². The van der Waals surface area contributed by atoms with Crippen LogP contribution in [0.25, 0.3) is 10.8 Å². The molecule has 0 bridgehead atoms. The van der Waals surface area contributed by atoms with Gasteiger partial charge in [-0.15, -0.1) is 0 Å². The number of nitrogens with zero attached hydrogens (tertiary/aromatic N) is 1. The minimum Gasteiger partial charge on any atom is -0.497 e. The maximum atomic E-state index is 12.6. The molecule has 1 aliphatic heterocycles. The summed E-state index contributed by atoms with van der Waals surface area (Å²) in [5, 5.41) is 2.10. The Labute approximate surface area is 134 Å². The van der Waals surface area contributed by atoms with Gasteiger partial charge in [-0.3, -0.25) is 9.79 Å². The fourth-order valence-corrected chi connectivity index (χ4v) is 2.99. The normalized spacial score (nSPS) is 13.6. The lowest BCUT2D eigenvalue weighted by molar-refractivity contribution is 0.1000. The van der Waals surface area contributed by atoms with Crippen molar-refractivity contribution in [3.8, 4) is 5.75 Å². The zero-order valence-electron chi connectivity index (χ0n) is 12.7. The zero-order valence-corrected chi connectivity index (χ0v) is 12.7. The molecule has 0 aromatic heterocycles. The third kappa shape index (κ3) is 2.30. The van der Waals surface area contributed by atoms with E-state index >= 15 is 0 Å². The van der Waals surface area contributed by atoms with Gasteiger partial charge in [-0.05, 0) is 23.6 Å². The summed E-state index contributed by atoms with van der Waals surface area (Å²) in [4.78, 5) is 17.4. The van der Waals surface area contributed by atoms with Gasteiger partial charge in [-0.2, -0.15) is 0 Å². The summed E-state index contributed by atoms with van der Waals surface area (Å²) in [5.74, 6) is 0.875. The largest absolute Gasteiger partial charge is 0.497 e. The van der Waals surface area contributed by atoms with Crippen molar-refractivity contribution >= 4 is 28.0 Å². The number of fused-ring (bicyclic) bond motifs is 3. The van der Waals surface area contributed by atoms with Gasteiger partial charge in [0.2, 0.25) is 0 Å². The molecule has 3 aromatic carbocycles. The molecule has 23 heavy (non-hydrogen) atoms. The molecule has 0 atom stereocenters. The van der Waals surface area contributed by atoms with Gasteiger partial charge in [0.1, 0.15) is 5.75 Å². The molecule has 0 saturated heterocycles. The summed E-state index contributed by atoms with van der Waals surface area (Å²) in [6.07, 6.45) is 0.318. The van der Waals surface area contributed by atoms with Gasteiger partial charge < -0.3 is 4.74 Å². The average Bonchev–Trinajstić information content (AvgIpc) is 2.61. The second-order valence-corrected chi connectivity index (χ2v) is 5.57. The van der Waals surface area contributed by atoms with Gasteiger partial charge in [0, 0.05) is 16.5 Å². The van der Waals surface area contributed by atoms with Crippen molar-refractivity contribution in [2.45, 2.75) is 6.42 Å². The second kappa shape index (κ2) is 5.36. The Kier molecular flexibility index (Phi) is 3.19. The predicted octanol–water partition coefficient (Wildman–Crippen LogP) is 4.56. The summed E-state index contributed by atoms with van der Waals surface area (Å²) in [7, 11) is 1.63. The first-order valence-electron chi connectivity index (χ1n) is 7.53. The van der Waals surface area contributed by atoms with E-state index in [1.54, 1.807) is 7.11 Å². The Balaban J connectivity index is 1.93. The molecule has 3 aromatic rings. The molecule has 1 heterocycles. The molecular weight excluding hydrogens is 286 g/mol. The van der Waals surface area contributed by atoms with E-state index in [1.807, 2.05) is 60.7 Å². The van der Waals surface area contributed by atoms with Crippen LogP contribution in [0.1, 0.15) is 22.3 Å². The molecule has 112 valence electrons. The highest BCUT2D eigenvalue weighted by molar-refractivity contribution is 6.23. The van der Waals surface area contributed by atoms with E-state index in [1.165, 1.54) is 0 Å². The fraction of sp³-hybridized carbons (Fsp3) is 0.100. The molecule has 0 amide bonds. The smallest absolute Gasteiger partial charge is 0.171 e. The SMILES string of the molecule is COc1cccc(C2=Nc3c(ccc4ccccc34)C(=O)C2)c1. The minimum atomic E-state index is 0.110. The molecule has 0 spiro atoms. The van der Waals surface area contributed by atoms with Gasteiger partial charge in [-0.1, -0.05) is 42.5 Å². The van der Waals surface area contributed by atoms with Gasteiger partial charge >= 0.3 is 0 Å². The first-order chi connectivity index (χ1) is 11.3. The van der Waals surface area contributed by atoms with Crippen LogP contribution >= 0.6 is 0 Å². The van der Waals surface area contributed by atoms with Crippen LogP contribution in [0.2, 0.25) is 0 Å². The number of ether oxygens (including phenoxy) is 1. The number of ketones is 1. The van der Waals surface area contributed by atoms with Crippen molar-refractivity contribution in [2.24, 2.45) is 4.99 Å². The van der Waals surface area contributed by atoms with Crippen LogP contribution in [-0.4, -0.2) is 18.6 Å². The van der Waals surface area contributed by atoms with E-state index in [0.29, 0.717) is 12.0 Å². The van der Waals surface area contributed by atoms with Crippen molar-refractivity contribution in [1.82, 2.24) is 0 Å². The van der Waals surface area contributed by atoms with E-state index in [0.717, 1.165) is 33.5 Å². The summed E-state index contributed by atoms with van der Waals surface area (Å²) < 4.78 is 5.27. The van der Waals surface area contributed by atoms with Gasteiger partial charge in [0.15, 0.2) is 5.78 Å². The topological polar surface area (TPSA) is 38.7 Å². The number of benzene rings is 3. The highest BCUT2D eigenvalue weighted by Crippen LogP contribution is 2.35. The van der Waals surface area contributed by atoms with Crippen molar-refractivity contribution < 1.29 is 9.53 Å². The molecule has 1 aliphatic rings. The number of carbonyl (C=O) groups excluding carboxylic acids is 1. The third-order valence-corrected chi connectivity index (χ3v) is 4.18. The molecule has 0 N–H and O–H groups in total. The Hall–Kier alpha value is -2.94. The summed E-state index contributed by atoms with van der Waals surface area (Å²) >= 11 is 0. The average molecular weight is 301 g/mol. The van der Waals surface area contributed by atoms with Crippen molar-refractivity contribution in [2.75, 3.05) is 7.11 Å². The predicted molar refractivity (Wildman–Crippen MR) is 92.1 cm³/mol. The monoisotopic (exact) mass is 301 g/mol. The standard InChI is InChI=1S/C20H15NO2/c1-23-15-7-4-6-14(11-15)18-12-19(22)17-10-9-13-5-2-3-8-16(13)20(17)21-18/h2-11H,12H2,1H3. The molecule has 0 fully saturated rings. The Morgan fingerprint density at radius 3 is 2.74 bits per heavy atom. The molecule has 0 saturated carbocycles.